The van der Waals surface area contributed by atoms with Crippen molar-refractivity contribution < 1.29 is 9.47 Å². The quantitative estimate of drug-likeness (QED) is 0.785. The minimum atomic E-state index is -0.0820. The van der Waals surface area contributed by atoms with Crippen LogP contribution in [-0.2, 0) is 6.54 Å². The number of pyridine rings is 1. The molecule has 2 aliphatic rings. The van der Waals surface area contributed by atoms with E-state index < -0.39 is 0 Å². The van der Waals surface area contributed by atoms with Gasteiger partial charge in [-0.3, -0.25) is 4.79 Å². The molecule has 144 valence electrons. The standard InChI is InChI=1S/C20H25N3O3S/c1-2-21-20(27)23(15-6-4-3-5-7-15)11-14-8-13-9-17-18(26-12-25-17)10-16(13)22-19(14)24/h8-10,15H,2-7,11-12H2,1H3,(H,21,27)(H,22,24). The summed E-state index contributed by atoms with van der Waals surface area (Å²) in [6, 6.07) is 6.08. The van der Waals surface area contributed by atoms with Crippen molar-refractivity contribution in [1.82, 2.24) is 15.2 Å². The second-order valence-electron chi connectivity index (χ2n) is 7.17. The Morgan fingerprint density at radius 2 is 1.96 bits per heavy atom. The van der Waals surface area contributed by atoms with Crippen molar-refractivity contribution in [2.45, 2.75) is 51.6 Å². The van der Waals surface area contributed by atoms with Crippen molar-refractivity contribution in [2.24, 2.45) is 0 Å². The van der Waals surface area contributed by atoms with Crippen molar-refractivity contribution in [1.29, 1.82) is 0 Å². The molecule has 0 radical (unpaired) electrons. The topological polar surface area (TPSA) is 66.6 Å². The van der Waals surface area contributed by atoms with Gasteiger partial charge in [0.25, 0.3) is 5.56 Å². The number of hydrogen-bond donors (Lipinski definition) is 2. The summed E-state index contributed by atoms with van der Waals surface area (Å²) >= 11 is 5.62. The monoisotopic (exact) mass is 387 g/mol. The Kier molecular flexibility index (Phi) is 5.20. The second kappa shape index (κ2) is 7.76. The van der Waals surface area contributed by atoms with Crippen LogP contribution in [0.2, 0.25) is 0 Å². The molecule has 1 aromatic heterocycles. The van der Waals surface area contributed by atoms with Crippen LogP contribution in [0.1, 0.15) is 44.6 Å². The minimum Gasteiger partial charge on any atom is -0.454 e. The number of thiocarbonyl (C=S) groups is 1. The Morgan fingerprint density at radius 1 is 1.22 bits per heavy atom. The number of nitrogens with one attached hydrogen (secondary N) is 2. The molecule has 0 bridgehead atoms. The zero-order valence-electron chi connectivity index (χ0n) is 15.5. The molecule has 1 aliphatic heterocycles. The van der Waals surface area contributed by atoms with Crippen LogP contribution in [0.5, 0.6) is 11.5 Å². The lowest BCUT2D eigenvalue weighted by Gasteiger charge is -2.36. The number of fused-ring (bicyclic) bond motifs is 2. The van der Waals surface area contributed by atoms with Crippen LogP contribution in [0.25, 0.3) is 10.9 Å². The molecule has 0 amide bonds. The Bertz CT molecular complexity index is 905. The third-order valence-corrected chi connectivity index (χ3v) is 5.74. The Hall–Kier alpha value is -2.28. The molecule has 1 saturated carbocycles. The van der Waals surface area contributed by atoms with Crippen LogP contribution in [-0.4, -0.2) is 34.4 Å². The fourth-order valence-corrected chi connectivity index (χ4v) is 4.31. The lowest BCUT2D eigenvalue weighted by atomic mass is 9.94. The summed E-state index contributed by atoms with van der Waals surface area (Å²) < 4.78 is 10.9. The van der Waals surface area contributed by atoms with Crippen LogP contribution in [0.4, 0.5) is 0 Å². The van der Waals surface area contributed by atoms with E-state index in [1.165, 1.54) is 19.3 Å². The van der Waals surface area contributed by atoms with Gasteiger partial charge in [0.1, 0.15) is 0 Å². The Balaban J connectivity index is 1.66. The highest BCUT2D eigenvalue weighted by Gasteiger charge is 2.24. The number of aromatic amines is 1. The number of rotatable bonds is 4. The van der Waals surface area contributed by atoms with Crippen molar-refractivity contribution >= 4 is 28.2 Å². The van der Waals surface area contributed by atoms with Gasteiger partial charge >= 0.3 is 0 Å². The average Bonchev–Trinajstić information content (AvgIpc) is 3.12. The molecule has 27 heavy (non-hydrogen) atoms. The summed E-state index contributed by atoms with van der Waals surface area (Å²) in [6.45, 7) is 3.54. The van der Waals surface area contributed by atoms with Gasteiger partial charge in [-0.2, -0.15) is 0 Å². The van der Waals surface area contributed by atoms with E-state index in [9.17, 15) is 4.79 Å². The molecular formula is C20H25N3O3S. The molecule has 7 heteroatoms. The lowest BCUT2D eigenvalue weighted by Crippen LogP contribution is -2.47. The summed E-state index contributed by atoms with van der Waals surface area (Å²) in [4.78, 5) is 17.9. The number of hydrogen-bond acceptors (Lipinski definition) is 4. The summed E-state index contributed by atoms with van der Waals surface area (Å²) in [5.74, 6) is 1.39. The normalized spacial score (nSPS) is 16.5. The van der Waals surface area contributed by atoms with Crippen LogP contribution in [0, 0.1) is 0 Å². The maximum absolute atomic E-state index is 12.7. The highest BCUT2D eigenvalue weighted by molar-refractivity contribution is 7.80. The molecule has 0 saturated heterocycles. The molecule has 6 nitrogen and oxygen atoms in total. The average molecular weight is 388 g/mol. The molecule has 2 N–H and O–H groups in total. The van der Waals surface area contributed by atoms with E-state index in [1.807, 2.05) is 25.1 Å². The summed E-state index contributed by atoms with van der Waals surface area (Å²) in [7, 11) is 0. The number of nitrogens with zero attached hydrogens (tertiary/aromatic N) is 1. The van der Waals surface area contributed by atoms with Gasteiger partial charge in [0, 0.05) is 29.6 Å². The molecule has 2 aromatic rings. The summed E-state index contributed by atoms with van der Waals surface area (Å²) in [5.41, 5.74) is 1.39. The molecule has 1 aromatic carbocycles. The molecule has 0 unspecified atom stereocenters. The van der Waals surface area contributed by atoms with Gasteiger partial charge < -0.3 is 24.7 Å². The first-order valence-electron chi connectivity index (χ1n) is 9.65. The first kappa shape index (κ1) is 18.1. The Labute approximate surface area is 163 Å². The zero-order chi connectivity index (χ0) is 18.8. The lowest BCUT2D eigenvalue weighted by molar-refractivity contribution is 0.174. The van der Waals surface area contributed by atoms with Gasteiger partial charge in [0.2, 0.25) is 6.79 Å². The highest BCUT2D eigenvalue weighted by Crippen LogP contribution is 2.35. The largest absolute Gasteiger partial charge is 0.454 e. The van der Waals surface area contributed by atoms with Gasteiger partial charge in [-0.1, -0.05) is 19.3 Å². The highest BCUT2D eigenvalue weighted by atomic mass is 32.1. The van der Waals surface area contributed by atoms with Gasteiger partial charge in [0.15, 0.2) is 16.6 Å². The van der Waals surface area contributed by atoms with Gasteiger partial charge in [0.05, 0.1) is 12.1 Å². The maximum atomic E-state index is 12.7. The van der Waals surface area contributed by atoms with Crippen molar-refractivity contribution in [3.63, 3.8) is 0 Å². The van der Waals surface area contributed by atoms with E-state index in [0.717, 1.165) is 35.4 Å². The van der Waals surface area contributed by atoms with Crippen LogP contribution in [0.15, 0.2) is 23.0 Å². The summed E-state index contributed by atoms with van der Waals surface area (Å²) in [5, 5.41) is 4.93. The van der Waals surface area contributed by atoms with Crippen LogP contribution < -0.4 is 20.3 Å². The SMILES string of the molecule is CCNC(=S)N(Cc1cc2cc3c(cc2[nH]c1=O)OCO3)C1CCCCC1. The molecule has 1 fully saturated rings. The van der Waals surface area contributed by atoms with Crippen LogP contribution >= 0.6 is 12.2 Å². The predicted molar refractivity (Wildman–Crippen MR) is 109 cm³/mol. The van der Waals surface area contributed by atoms with Gasteiger partial charge in [-0.25, -0.2) is 0 Å². The third-order valence-electron chi connectivity index (χ3n) is 5.36. The third kappa shape index (κ3) is 3.74. The van der Waals surface area contributed by atoms with E-state index in [4.69, 9.17) is 21.7 Å². The first-order chi connectivity index (χ1) is 13.2. The molecule has 2 heterocycles. The van der Waals surface area contributed by atoms with Gasteiger partial charge in [-0.05, 0) is 44.1 Å². The number of aromatic nitrogens is 1. The van der Waals surface area contributed by atoms with E-state index in [-0.39, 0.29) is 12.4 Å². The minimum absolute atomic E-state index is 0.0820. The number of H-pyrrole nitrogens is 1. The van der Waals surface area contributed by atoms with Crippen molar-refractivity contribution in [3.8, 4) is 11.5 Å². The summed E-state index contributed by atoms with van der Waals surface area (Å²) in [6.07, 6.45) is 5.95. The molecule has 1 aliphatic carbocycles. The van der Waals surface area contributed by atoms with E-state index in [0.29, 0.717) is 29.6 Å². The molecule has 0 spiro atoms. The fraction of sp³-hybridized carbons (Fsp3) is 0.500. The van der Waals surface area contributed by atoms with E-state index >= 15 is 0 Å². The zero-order valence-corrected chi connectivity index (χ0v) is 16.4. The van der Waals surface area contributed by atoms with E-state index in [1.54, 1.807) is 0 Å². The second-order valence-corrected chi connectivity index (χ2v) is 7.56. The predicted octanol–water partition coefficient (Wildman–Crippen LogP) is 3.29. The van der Waals surface area contributed by atoms with Gasteiger partial charge in [-0.15, -0.1) is 0 Å². The van der Waals surface area contributed by atoms with Crippen molar-refractivity contribution in [3.05, 3.63) is 34.1 Å². The number of ether oxygens (including phenoxy) is 2. The molecular weight excluding hydrogens is 362 g/mol. The Morgan fingerprint density at radius 3 is 2.70 bits per heavy atom. The fourth-order valence-electron chi connectivity index (χ4n) is 3.95. The van der Waals surface area contributed by atoms with Crippen molar-refractivity contribution in [2.75, 3.05) is 13.3 Å². The maximum Gasteiger partial charge on any atom is 0.253 e. The molecule has 4 rings (SSSR count). The van der Waals surface area contributed by atoms with E-state index in [2.05, 4.69) is 15.2 Å². The first-order valence-corrected chi connectivity index (χ1v) is 10.1. The van der Waals surface area contributed by atoms with Crippen LogP contribution in [0.3, 0.4) is 0 Å². The molecule has 0 atom stereocenters. The smallest absolute Gasteiger partial charge is 0.253 e. The number of benzene rings is 1.